The van der Waals surface area contributed by atoms with Gasteiger partial charge in [0.05, 0.1) is 18.5 Å². The Kier molecular flexibility index (Phi) is 3.19. The number of rotatable bonds is 4. The highest BCUT2D eigenvalue weighted by atomic mass is 16.5. The molecule has 0 amide bonds. The Morgan fingerprint density at radius 3 is 3.06 bits per heavy atom. The van der Waals surface area contributed by atoms with E-state index in [1.54, 1.807) is 6.26 Å². The minimum absolute atomic E-state index is 0.724. The van der Waals surface area contributed by atoms with Crippen LogP contribution in [0.25, 0.3) is 0 Å². The van der Waals surface area contributed by atoms with Crippen LogP contribution in [-0.2, 0) is 13.1 Å². The van der Waals surface area contributed by atoms with Crippen LogP contribution in [0.4, 0.5) is 5.69 Å². The van der Waals surface area contributed by atoms with Gasteiger partial charge in [0.2, 0.25) is 0 Å². The average molecular weight is 244 g/mol. The molecule has 2 N–H and O–H groups in total. The molecule has 0 fully saturated rings. The first kappa shape index (κ1) is 11.2. The summed E-state index contributed by atoms with van der Waals surface area (Å²) in [5.74, 6) is 1.91. The molecule has 1 aromatic heterocycles. The van der Waals surface area contributed by atoms with E-state index in [1.165, 1.54) is 5.56 Å². The Morgan fingerprint density at radius 1 is 1.17 bits per heavy atom. The van der Waals surface area contributed by atoms with E-state index >= 15 is 0 Å². The molecule has 0 saturated heterocycles. The van der Waals surface area contributed by atoms with Crippen LogP contribution in [0.15, 0.2) is 41.0 Å². The predicted octanol–water partition coefficient (Wildman–Crippen LogP) is 2.37. The summed E-state index contributed by atoms with van der Waals surface area (Å²) < 4.78 is 11.0. The maximum absolute atomic E-state index is 5.72. The molecule has 1 aliphatic rings. The lowest BCUT2D eigenvalue weighted by molar-refractivity contribution is 0.318. The maximum atomic E-state index is 5.72. The largest absolute Gasteiger partial charge is 0.489 e. The molecule has 0 unspecified atom stereocenters. The fourth-order valence-electron chi connectivity index (χ4n) is 2.11. The molecule has 1 aliphatic heterocycles. The van der Waals surface area contributed by atoms with Gasteiger partial charge in [-0.2, -0.15) is 0 Å². The quantitative estimate of drug-likeness (QED) is 0.866. The van der Waals surface area contributed by atoms with E-state index in [0.717, 1.165) is 43.4 Å². The van der Waals surface area contributed by atoms with Crippen molar-refractivity contribution in [3.63, 3.8) is 0 Å². The molecule has 0 aliphatic carbocycles. The standard InChI is InChI=1S/C14H16N2O2/c1-3-11(9-15-10-12-4-2-7-17-12)14-13(5-1)16-6-8-18-14/h1-5,7,15-16H,6,8-10H2. The summed E-state index contributed by atoms with van der Waals surface area (Å²) in [5.41, 5.74) is 2.25. The van der Waals surface area contributed by atoms with E-state index in [4.69, 9.17) is 9.15 Å². The van der Waals surface area contributed by atoms with Crippen molar-refractivity contribution >= 4 is 5.69 Å². The number of nitrogens with one attached hydrogen (secondary N) is 2. The van der Waals surface area contributed by atoms with Gasteiger partial charge in [0.15, 0.2) is 0 Å². The highest BCUT2D eigenvalue weighted by Gasteiger charge is 2.13. The van der Waals surface area contributed by atoms with Crippen molar-refractivity contribution in [3.05, 3.63) is 47.9 Å². The van der Waals surface area contributed by atoms with Crippen molar-refractivity contribution in [1.82, 2.24) is 5.32 Å². The van der Waals surface area contributed by atoms with Gasteiger partial charge in [-0.1, -0.05) is 12.1 Å². The van der Waals surface area contributed by atoms with Crippen LogP contribution in [0.5, 0.6) is 5.75 Å². The number of hydrogen-bond donors (Lipinski definition) is 2. The minimum atomic E-state index is 0.724. The Hall–Kier alpha value is -1.94. The maximum Gasteiger partial charge on any atom is 0.146 e. The second kappa shape index (κ2) is 5.14. The SMILES string of the molecule is c1coc(CNCc2cccc3c2OCCN3)c1. The fraction of sp³-hybridized carbons (Fsp3) is 0.286. The molecule has 4 nitrogen and oxygen atoms in total. The summed E-state index contributed by atoms with van der Waals surface area (Å²) in [6, 6.07) is 10.0. The summed E-state index contributed by atoms with van der Waals surface area (Å²) in [5, 5.41) is 6.69. The third-order valence-corrected chi connectivity index (χ3v) is 2.96. The molecular weight excluding hydrogens is 228 g/mol. The number of hydrogen-bond acceptors (Lipinski definition) is 4. The van der Waals surface area contributed by atoms with Gasteiger partial charge in [0.25, 0.3) is 0 Å². The Morgan fingerprint density at radius 2 is 2.17 bits per heavy atom. The lowest BCUT2D eigenvalue weighted by atomic mass is 10.1. The van der Waals surface area contributed by atoms with Crippen molar-refractivity contribution in [2.45, 2.75) is 13.1 Å². The van der Waals surface area contributed by atoms with Crippen LogP contribution < -0.4 is 15.4 Å². The lowest BCUT2D eigenvalue weighted by Crippen LogP contribution is -2.20. The smallest absolute Gasteiger partial charge is 0.146 e. The summed E-state index contributed by atoms with van der Waals surface area (Å²) in [7, 11) is 0. The van der Waals surface area contributed by atoms with Gasteiger partial charge in [-0.05, 0) is 18.2 Å². The molecule has 1 aromatic carbocycles. The molecule has 3 rings (SSSR count). The molecule has 2 heterocycles. The molecule has 18 heavy (non-hydrogen) atoms. The molecule has 0 saturated carbocycles. The molecule has 94 valence electrons. The van der Waals surface area contributed by atoms with E-state index in [9.17, 15) is 0 Å². The first-order valence-corrected chi connectivity index (χ1v) is 6.15. The van der Waals surface area contributed by atoms with Crippen LogP contribution in [-0.4, -0.2) is 13.2 Å². The van der Waals surface area contributed by atoms with Gasteiger partial charge in [0, 0.05) is 18.7 Å². The van der Waals surface area contributed by atoms with E-state index < -0.39 is 0 Å². The van der Waals surface area contributed by atoms with E-state index in [-0.39, 0.29) is 0 Å². The van der Waals surface area contributed by atoms with E-state index in [1.807, 2.05) is 24.3 Å². The Balaban J connectivity index is 1.65. The Labute approximate surface area is 106 Å². The van der Waals surface area contributed by atoms with E-state index in [2.05, 4.69) is 16.7 Å². The van der Waals surface area contributed by atoms with Crippen molar-refractivity contribution < 1.29 is 9.15 Å². The molecule has 2 aromatic rings. The zero-order chi connectivity index (χ0) is 12.2. The Bertz CT molecular complexity index is 509. The second-order valence-corrected chi connectivity index (χ2v) is 4.25. The van der Waals surface area contributed by atoms with Crippen molar-refractivity contribution in [3.8, 4) is 5.75 Å². The highest BCUT2D eigenvalue weighted by molar-refractivity contribution is 5.61. The van der Waals surface area contributed by atoms with Gasteiger partial charge in [-0.3, -0.25) is 0 Å². The zero-order valence-electron chi connectivity index (χ0n) is 10.1. The fourth-order valence-corrected chi connectivity index (χ4v) is 2.11. The van der Waals surface area contributed by atoms with Gasteiger partial charge < -0.3 is 19.8 Å². The number of fused-ring (bicyclic) bond motifs is 1. The normalized spacial score (nSPS) is 13.6. The lowest BCUT2D eigenvalue weighted by Gasteiger charge is -2.21. The molecule has 4 heteroatoms. The molecule has 0 atom stereocenters. The number of anilines is 1. The summed E-state index contributed by atoms with van der Waals surface area (Å²) in [6.45, 7) is 3.09. The number of furan rings is 1. The zero-order valence-corrected chi connectivity index (χ0v) is 10.1. The van der Waals surface area contributed by atoms with Crippen LogP contribution in [0.3, 0.4) is 0 Å². The van der Waals surface area contributed by atoms with Gasteiger partial charge in [-0.15, -0.1) is 0 Å². The summed E-state index contributed by atoms with van der Waals surface area (Å²) >= 11 is 0. The van der Waals surface area contributed by atoms with Gasteiger partial charge in [-0.25, -0.2) is 0 Å². The molecule has 0 bridgehead atoms. The first-order valence-electron chi connectivity index (χ1n) is 6.15. The third-order valence-electron chi connectivity index (χ3n) is 2.96. The predicted molar refractivity (Wildman–Crippen MR) is 69.7 cm³/mol. The van der Waals surface area contributed by atoms with Crippen molar-refractivity contribution in [1.29, 1.82) is 0 Å². The van der Waals surface area contributed by atoms with Crippen molar-refractivity contribution in [2.75, 3.05) is 18.5 Å². The second-order valence-electron chi connectivity index (χ2n) is 4.25. The van der Waals surface area contributed by atoms with Gasteiger partial charge >= 0.3 is 0 Å². The topological polar surface area (TPSA) is 46.4 Å². The van der Waals surface area contributed by atoms with Crippen LogP contribution in [0.2, 0.25) is 0 Å². The molecule has 0 spiro atoms. The van der Waals surface area contributed by atoms with Crippen LogP contribution in [0, 0.1) is 0 Å². The first-order chi connectivity index (χ1) is 8.93. The van der Waals surface area contributed by atoms with Crippen LogP contribution in [0.1, 0.15) is 11.3 Å². The minimum Gasteiger partial charge on any atom is -0.489 e. The highest BCUT2D eigenvalue weighted by Crippen LogP contribution is 2.30. The third kappa shape index (κ3) is 2.33. The number of para-hydroxylation sites is 1. The van der Waals surface area contributed by atoms with Gasteiger partial charge in [0.1, 0.15) is 18.1 Å². The van der Waals surface area contributed by atoms with Crippen LogP contribution >= 0.6 is 0 Å². The molecular formula is C14H16N2O2. The van der Waals surface area contributed by atoms with E-state index in [0.29, 0.717) is 0 Å². The number of ether oxygens (including phenoxy) is 1. The monoisotopic (exact) mass is 244 g/mol. The summed E-state index contributed by atoms with van der Waals surface area (Å²) in [4.78, 5) is 0. The average Bonchev–Trinajstić information content (AvgIpc) is 2.92. The van der Waals surface area contributed by atoms with Crippen molar-refractivity contribution in [2.24, 2.45) is 0 Å². The molecule has 0 radical (unpaired) electrons. The summed E-state index contributed by atoms with van der Waals surface area (Å²) in [6.07, 6.45) is 1.69. The number of benzene rings is 1.